The van der Waals surface area contributed by atoms with Crippen molar-refractivity contribution in [1.82, 2.24) is 9.13 Å². The van der Waals surface area contributed by atoms with Gasteiger partial charge in [0, 0.05) is 23.8 Å². The molecule has 7 heteroatoms. The smallest absolute Gasteiger partial charge is 0.336 e. The summed E-state index contributed by atoms with van der Waals surface area (Å²) in [6.07, 6.45) is 0. The van der Waals surface area contributed by atoms with Crippen molar-refractivity contribution in [2.24, 2.45) is 0 Å². The van der Waals surface area contributed by atoms with E-state index in [0.717, 1.165) is 10.3 Å². The first-order chi connectivity index (χ1) is 12.1. The predicted molar refractivity (Wildman–Crippen MR) is 100 cm³/mol. The van der Waals surface area contributed by atoms with Gasteiger partial charge in [0.1, 0.15) is 0 Å². The highest BCUT2D eigenvalue weighted by atomic mass is 35.5. The van der Waals surface area contributed by atoms with E-state index in [1.54, 1.807) is 47.0 Å². The lowest BCUT2D eigenvalue weighted by atomic mass is 10.2. The van der Waals surface area contributed by atoms with Gasteiger partial charge in [-0.2, -0.15) is 0 Å². The Kier molecular flexibility index (Phi) is 4.92. The third-order valence-electron chi connectivity index (χ3n) is 3.97. The van der Waals surface area contributed by atoms with Gasteiger partial charge in [-0.25, -0.2) is 9.36 Å². The Morgan fingerprint density at radius 2 is 1.96 bits per heavy atom. The maximum atomic E-state index is 12.9. The number of nitrogens with one attached hydrogen (secondary N) is 1. The van der Waals surface area contributed by atoms with Crippen LogP contribution in [-0.2, 0) is 6.54 Å². The van der Waals surface area contributed by atoms with Crippen molar-refractivity contribution >= 4 is 28.2 Å². The van der Waals surface area contributed by atoms with Crippen molar-refractivity contribution in [3.05, 3.63) is 68.3 Å². The molecule has 0 atom stereocenters. The molecule has 0 amide bonds. The summed E-state index contributed by atoms with van der Waals surface area (Å²) in [5.41, 5.74) is 0.929. The Hall–Kier alpha value is -2.57. The Bertz CT molecular complexity index is 1040. The van der Waals surface area contributed by atoms with Gasteiger partial charge in [-0.3, -0.25) is 9.36 Å². The SMILES string of the molecule is CCn1c(=O)n(-c2cccc(Cl)c2)c(=O)c2ccc(NCCO)cc21. The second-order valence-corrected chi connectivity index (χ2v) is 5.97. The molecule has 0 aliphatic rings. The molecule has 0 aliphatic carbocycles. The fourth-order valence-corrected chi connectivity index (χ4v) is 3.01. The van der Waals surface area contributed by atoms with Gasteiger partial charge in [0.15, 0.2) is 0 Å². The molecule has 130 valence electrons. The van der Waals surface area contributed by atoms with Crippen LogP contribution in [0.15, 0.2) is 52.1 Å². The number of aliphatic hydroxyl groups is 1. The molecular weight excluding hydrogens is 342 g/mol. The minimum absolute atomic E-state index is 0.00498. The van der Waals surface area contributed by atoms with E-state index in [-0.39, 0.29) is 12.2 Å². The number of aliphatic hydroxyl groups excluding tert-OH is 1. The van der Waals surface area contributed by atoms with Crippen LogP contribution in [0.4, 0.5) is 5.69 Å². The van der Waals surface area contributed by atoms with Crippen LogP contribution >= 0.6 is 11.6 Å². The maximum Gasteiger partial charge on any atom is 0.336 e. The molecule has 0 aliphatic heterocycles. The molecule has 0 saturated heterocycles. The van der Waals surface area contributed by atoms with Gasteiger partial charge in [-0.15, -0.1) is 0 Å². The monoisotopic (exact) mass is 359 g/mol. The van der Waals surface area contributed by atoms with Crippen molar-refractivity contribution < 1.29 is 5.11 Å². The molecule has 25 heavy (non-hydrogen) atoms. The number of nitrogens with zero attached hydrogens (tertiary/aromatic N) is 2. The average molecular weight is 360 g/mol. The van der Waals surface area contributed by atoms with Gasteiger partial charge >= 0.3 is 5.69 Å². The molecule has 3 aromatic rings. The Morgan fingerprint density at radius 1 is 1.16 bits per heavy atom. The zero-order chi connectivity index (χ0) is 18.0. The summed E-state index contributed by atoms with van der Waals surface area (Å²) < 4.78 is 2.68. The van der Waals surface area contributed by atoms with E-state index in [2.05, 4.69) is 5.32 Å². The van der Waals surface area contributed by atoms with Crippen molar-refractivity contribution in [3.8, 4) is 5.69 Å². The maximum absolute atomic E-state index is 12.9. The molecule has 1 heterocycles. The van der Waals surface area contributed by atoms with E-state index in [4.69, 9.17) is 16.7 Å². The average Bonchev–Trinajstić information content (AvgIpc) is 2.60. The molecule has 0 saturated carbocycles. The fraction of sp³-hybridized carbons (Fsp3) is 0.222. The first-order valence-corrected chi connectivity index (χ1v) is 8.35. The molecule has 0 fully saturated rings. The predicted octanol–water partition coefficient (Wildman–Crippen LogP) is 2.23. The van der Waals surface area contributed by atoms with Gasteiger partial charge in [0.25, 0.3) is 5.56 Å². The van der Waals surface area contributed by atoms with Gasteiger partial charge in [0.2, 0.25) is 0 Å². The molecule has 0 spiro atoms. The summed E-state index contributed by atoms with van der Waals surface area (Å²) in [6, 6.07) is 11.8. The van der Waals surface area contributed by atoms with Crippen LogP contribution in [0, 0.1) is 0 Å². The normalized spacial score (nSPS) is 11.0. The van der Waals surface area contributed by atoms with E-state index < -0.39 is 5.69 Å². The topological polar surface area (TPSA) is 76.3 Å². The molecule has 0 bridgehead atoms. The third-order valence-corrected chi connectivity index (χ3v) is 4.20. The number of aromatic nitrogens is 2. The minimum Gasteiger partial charge on any atom is -0.395 e. The van der Waals surface area contributed by atoms with Crippen LogP contribution in [0.2, 0.25) is 5.02 Å². The molecule has 6 nitrogen and oxygen atoms in total. The first-order valence-electron chi connectivity index (χ1n) is 7.97. The molecular formula is C18H18ClN3O3. The molecule has 2 aromatic carbocycles. The molecule has 2 N–H and O–H groups in total. The molecule has 1 aromatic heterocycles. The van der Waals surface area contributed by atoms with Crippen LogP contribution in [0.5, 0.6) is 0 Å². The largest absolute Gasteiger partial charge is 0.395 e. The van der Waals surface area contributed by atoms with E-state index >= 15 is 0 Å². The van der Waals surface area contributed by atoms with Crippen LogP contribution in [-0.4, -0.2) is 27.4 Å². The summed E-state index contributed by atoms with van der Waals surface area (Å²) >= 11 is 6.01. The quantitative estimate of drug-likeness (QED) is 0.732. The van der Waals surface area contributed by atoms with Gasteiger partial charge in [0.05, 0.1) is 23.2 Å². The number of aryl methyl sites for hydroxylation is 1. The number of rotatable bonds is 5. The third kappa shape index (κ3) is 3.18. The summed E-state index contributed by atoms with van der Waals surface area (Å²) in [5.74, 6) is 0. The Balaban J connectivity index is 2.31. The second kappa shape index (κ2) is 7.13. The van der Waals surface area contributed by atoms with Gasteiger partial charge < -0.3 is 10.4 Å². The van der Waals surface area contributed by atoms with Crippen LogP contribution in [0.1, 0.15) is 6.92 Å². The molecule has 0 unspecified atom stereocenters. The lowest BCUT2D eigenvalue weighted by Gasteiger charge is -2.14. The lowest BCUT2D eigenvalue weighted by Crippen LogP contribution is -2.38. The van der Waals surface area contributed by atoms with E-state index in [9.17, 15) is 9.59 Å². The fourth-order valence-electron chi connectivity index (χ4n) is 2.83. The van der Waals surface area contributed by atoms with Crippen LogP contribution < -0.4 is 16.6 Å². The number of fused-ring (bicyclic) bond motifs is 1. The number of hydrogen-bond acceptors (Lipinski definition) is 4. The number of anilines is 1. The van der Waals surface area contributed by atoms with Crippen LogP contribution in [0.3, 0.4) is 0 Å². The van der Waals surface area contributed by atoms with Crippen molar-refractivity contribution in [3.63, 3.8) is 0 Å². The molecule has 0 radical (unpaired) electrons. The molecule has 3 rings (SSSR count). The van der Waals surface area contributed by atoms with Crippen molar-refractivity contribution in [1.29, 1.82) is 0 Å². The van der Waals surface area contributed by atoms with Crippen molar-refractivity contribution in [2.45, 2.75) is 13.5 Å². The highest BCUT2D eigenvalue weighted by molar-refractivity contribution is 6.30. The minimum atomic E-state index is -0.415. The summed E-state index contributed by atoms with van der Waals surface area (Å²) in [7, 11) is 0. The zero-order valence-electron chi connectivity index (χ0n) is 13.7. The second-order valence-electron chi connectivity index (χ2n) is 5.53. The number of halogens is 1. The Labute approximate surface area is 148 Å². The summed E-state index contributed by atoms with van der Waals surface area (Å²) in [6.45, 7) is 2.65. The van der Waals surface area contributed by atoms with Gasteiger partial charge in [-0.05, 0) is 43.3 Å². The Morgan fingerprint density at radius 3 is 2.64 bits per heavy atom. The van der Waals surface area contributed by atoms with Gasteiger partial charge in [-0.1, -0.05) is 17.7 Å². The van der Waals surface area contributed by atoms with E-state index in [0.29, 0.717) is 34.7 Å². The highest BCUT2D eigenvalue weighted by Gasteiger charge is 2.14. The van der Waals surface area contributed by atoms with Crippen LogP contribution in [0.25, 0.3) is 16.6 Å². The highest BCUT2D eigenvalue weighted by Crippen LogP contribution is 2.17. The summed E-state index contributed by atoms with van der Waals surface area (Å²) in [4.78, 5) is 25.8. The number of hydrogen-bond donors (Lipinski definition) is 2. The van der Waals surface area contributed by atoms with Crippen molar-refractivity contribution in [2.75, 3.05) is 18.5 Å². The van der Waals surface area contributed by atoms with E-state index in [1.807, 2.05) is 6.92 Å². The standard InChI is InChI=1S/C18H18ClN3O3/c1-2-21-16-11-13(20-8-9-23)6-7-15(16)17(24)22(18(21)25)14-5-3-4-12(19)10-14/h3-7,10-11,20,23H,2,8-9H2,1H3. The zero-order valence-corrected chi connectivity index (χ0v) is 14.5. The lowest BCUT2D eigenvalue weighted by molar-refractivity contribution is 0.311. The van der Waals surface area contributed by atoms with E-state index in [1.165, 1.54) is 0 Å². The first kappa shape index (κ1) is 17.3. The summed E-state index contributed by atoms with van der Waals surface area (Å²) in [5, 5.41) is 12.9. The number of benzene rings is 2.